The van der Waals surface area contributed by atoms with Crippen molar-refractivity contribution in [3.8, 4) is 0 Å². The summed E-state index contributed by atoms with van der Waals surface area (Å²) in [6, 6.07) is 20.2. The number of rotatable bonds is 16. The minimum absolute atomic E-state index is 0.0474. The number of non-ortho nitro benzene ring substituents is 1. The number of carbonyl (C=O) groups is 3. The molecule has 0 saturated carbocycles. The Bertz CT molecular complexity index is 1530. The molecule has 14 heteroatoms. The first kappa shape index (κ1) is 35.7. The summed E-state index contributed by atoms with van der Waals surface area (Å²) in [5.74, 6) is -1.80. The number of benzene rings is 3. The number of esters is 1. The van der Waals surface area contributed by atoms with E-state index in [1.807, 2.05) is 67.6 Å². The molecule has 0 aromatic heterocycles. The van der Waals surface area contributed by atoms with Crippen LogP contribution in [-0.4, -0.2) is 63.7 Å². The topological polar surface area (TPSA) is 183 Å². The van der Waals surface area contributed by atoms with Crippen molar-refractivity contribution >= 4 is 33.7 Å². The smallest absolute Gasteiger partial charge is 0.407 e. The second-order valence-corrected chi connectivity index (χ2v) is 12.1. The van der Waals surface area contributed by atoms with Crippen LogP contribution in [0.1, 0.15) is 49.7 Å². The van der Waals surface area contributed by atoms with Crippen LogP contribution < -0.4 is 15.4 Å². The first-order chi connectivity index (χ1) is 22.0. The molecule has 0 fully saturated rings. The number of sulfonamides is 1. The molecule has 1 unspecified atom stereocenters. The van der Waals surface area contributed by atoms with E-state index in [4.69, 9.17) is 9.47 Å². The van der Waals surface area contributed by atoms with Gasteiger partial charge in [0.05, 0.1) is 24.0 Å². The normalized spacial score (nSPS) is 13.2. The summed E-state index contributed by atoms with van der Waals surface area (Å²) >= 11 is 0. The van der Waals surface area contributed by atoms with Gasteiger partial charge in [0.15, 0.2) is 0 Å². The molecule has 3 N–H and O–H groups in total. The molecule has 0 radical (unpaired) electrons. The number of nitro groups is 1. The molecule has 0 saturated heterocycles. The van der Waals surface area contributed by atoms with E-state index in [-0.39, 0.29) is 23.0 Å². The van der Waals surface area contributed by atoms with Gasteiger partial charge in [-0.2, -0.15) is 4.72 Å². The van der Waals surface area contributed by atoms with Crippen molar-refractivity contribution in [2.24, 2.45) is 0 Å². The largest absolute Gasteiger partial charge is 0.468 e. The maximum absolute atomic E-state index is 13.8. The Hall–Kier alpha value is -4.82. The number of alkyl carbamates (subject to hydrolysis) is 1. The molecule has 0 aliphatic carbocycles. The summed E-state index contributed by atoms with van der Waals surface area (Å²) in [5, 5.41) is 16.6. The summed E-state index contributed by atoms with van der Waals surface area (Å²) in [6.07, 6.45) is 0.478. The maximum Gasteiger partial charge on any atom is 0.407 e. The Morgan fingerprint density at radius 1 is 0.826 bits per heavy atom. The van der Waals surface area contributed by atoms with Crippen molar-refractivity contribution in [2.45, 2.75) is 61.5 Å². The van der Waals surface area contributed by atoms with Crippen LogP contribution in [0.3, 0.4) is 0 Å². The number of nitro benzene ring substituents is 1. The highest BCUT2D eigenvalue weighted by Crippen LogP contribution is 2.29. The summed E-state index contributed by atoms with van der Waals surface area (Å²) in [6.45, 7) is 1.87. The highest BCUT2D eigenvalue weighted by Gasteiger charge is 2.34. The Labute approximate surface area is 267 Å². The quantitative estimate of drug-likeness (QED) is 0.117. The van der Waals surface area contributed by atoms with Gasteiger partial charge in [-0.3, -0.25) is 19.7 Å². The Balaban J connectivity index is 1.75. The second kappa shape index (κ2) is 17.0. The van der Waals surface area contributed by atoms with E-state index in [0.29, 0.717) is 19.3 Å². The molecule has 246 valence electrons. The fourth-order valence-corrected chi connectivity index (χ4v) is 6.21. The number of amides is 2. The molecule has 0 spiro atoms. The van der Waals surface area contributed by atoms with Crippen molar-refractivity contribution in [2.75, 3.05) is 14.2 Å². The van der Waals surface area contributed by atoms with Gasteiger partial charge in [0.1, 0.15) is 12.1 Å². The Morgan fingerprint density at radius 3 is 1.87 bits per heavy atom. The molecule has 3 atom stereocenters. The lowest BCUT2D eigenvalue weighted by molar-refractivity contribution is -0.384. The summed E-state index contributed by atoms with van der Waals surface area (Å²) in [7, 11) is -1.87. The summed E-state index contributed by atoms with van der Waals surface area (Å²) in [4.78, 5) is 48.7. The molecule has 46 heavy (non-hydrogen) atoms. The van der Waals surface area contributed by atoms with Gasteiger partial charge in [0, 0.05) is 24.1 Å². The van der Waals surface area contributed by atoms with Gasteiger partial charge in [0.25, 0.3) is 5.69 Å². The molecule has 13 nitrogen and oxygen atoms in total. The van der Waals surface area contributed by atoms with Crippen LogP contribution in [-0.2, 0) is 29.1 Å². The van der Waals surface area contributed by atoms with Crippen LogP contribution in [0, 0.1) is 10.1 Å². The van der Waals surface area contributed by atoms with Gasteiger partial charge < -0.3 is 20.1 Å². The van der Waals surface area contributed by atoms with Gasteiger partial charge in [-0.25, -0.2) is 13.2 Å². The van der Waals surface area contributed by atoms with E-state index in [0.717, 1.165) is 42.5 Å². The third-order valence-corrected chi connectivity index (χ3v) is 8.91. The van der Waals surface area contributed by atoms with E-state index >= 15 is 0 Å². The molecule has 0 aliphatic rings. The van der Waals surface area contributed by atoms with Crippen LogP contribution in [0.5, 0.6) is 0 Å². The SMILES string of the molecule is CC[C@H](CCC[C@H](NS(=O)(=O)c1ccc([N+](=O)[O-])cc1)C(=O)OC)NC(=O)C(NC(=O)OC)C(c1ccccc1)c1ccccc1. The number of ether oxygens (including phenoxy) is 2. The Kier molecular flexibility index (Phi) is 13.2. The van der Waals surface area contributed by atoms with Crippen LogP contribution in [0.25, 0.3) is 0 Å². The molecule has 0 bridgehead atoms. The fourth-order valence-electron chi connectivity index (χ4n) is 4.99. The van der Waals surface area contributed by atoms with E-state index in [2.05, 4.69) is 15.4 Å². The standard InChI is InChI=1S/C32H38N4O9S/c1-4-24(16-11-17-27(31(38)44-2)35-46(42,43)26-20-18-25(19-21-26)36(40)41)33-30(37)29(34-32(39)45-3)28(22-12-7-5-8-13-22)23-14-9-6-10-15-23/h5-10,12-15,18-21,24,27-29,35H,4,11,16-17H2,1-3H3,(H,33,37)(H,34,39)/t24-,27+,29?/m1/s1. The lowest BCUT2D eigenvalue weighted by Crippen LogP contribution is -2.52. The van der Waals surface area contributed by atoms with Crippen molar-refractivity contribution < 1.29 is 37.2 Å². The van der Waals surface area contributed by atoms with Crippen molar-refractivity contribution in [3.05, 3.63) is 106 Å². The molecular formula is C32H38N4O9S. The minimum Gasteiger partial charge on any atom is -0.468 e. The monoisotopic (exact) mass is 654 g/mol. The average Bonchev–Trinajstić information content (AvgIpc) is 3.07. The number of nitrogens with one attached hydrogen (secondary N) is 3. The molecular weight excluding hydrogens is 616 g/mol. The molecule has 3 rings (SSSR count). The number of methoxy groups -OCH3 is 2. The van der Waals surface area contributed by atoms with Crippen LogP contribution in [0.4, 0.5) is 10.5 Å². The van der Waals surface area contributed by atoms with Crippen LogP contribution >= 0.6 is 0 Å². The van der Waals surface area contributed by atoms with Crippen molar-refractivity contribution in [1.82, 2.24) is 15.4 Å². The molecule has 3 aromatic carbocycles. The lowest BCUT2D eigenvalue weighted by Gasteiger charge is -2.29. The van der Waals surface area contributed by atoms with Crippen LogP contribution in [0.2, 0.25) is 0 Å². The van der Waals surface area contributed by atoms with Gasteiger partial charge in [-0.05, 0) is 48.9 Å². The van der Waals surface area contributed by atoms with Gasteiger partial charge in [-0.1, -0.05) is 67.6 Å². The fraction of sp³-hybridized carbons (Fsp3) is 0.344. The van der Waals surface area contributed by atoms with Gasteiger partial charge >= 0.3 is 12.1 Å². The summed E-state index contributed by atoms with van der Waals surface area (Å²) < 4.78 is 37.8. The summed E-state index contributed by atoms with van der Waals surface area (Å²) in [5.41, 5.74) is 1.33. The van der Waals surface area contributed by atoms with E-state index in [1.165, 1.54) is 7.11 Å². The molecule has 2 amide bonds. The van der Waals surface area contributed by atoms with E-state index in [1.54, 1.807) is 0 Å². The van der Waals surface area contributed by atoms with Crippen molar-refractivity contribution in [1.29, 1.82) is 0 Å². The number of nitrogens with zero attached hydrogens (tertiary/aromatic N) is 1. The average molecular weight is 655 g/mol. The zero-order valence-electron chi connectivity index (χ0n) is 25.8. The Morgan fingerprint density at radius 2 is 1.39 bits per heavy atom. The predicted molar refractivity (Wildman–Crippen MR) is 169 cm³/mol. The number of hydrogen-bond acceptors (Lipinski definition) is 9. The number of carbonyl (C=O) groups excluding carboxylic acids is 3. The molecule has 0 heterocycles. The highest BCUT2D eigenvalue weighted by atomic mass is 32.2. The van der Waals surface area contributed by atoms with Gasteiger partial charge in [0.2, 0.25) is 15.9 Å². The highest BCUT2D eigenvalue weighted by molar-refractivity contribution is 7.89. The molecule has 0 aliphatic heterocycles. The zero-order valence-corrected chi connectivity index (χ0v) is 26.6. The third kappa shape index (κ3) is 9.84. The maximum atomic E-state index is 13.8. The lowest BCUT2D eigenvalue weighted by atomic mass is 9.84. The predicted octanol–water partition coefficient (Wildman–Crippen LogP) is 4.04. The minimum atomic E-state index is -4.22. The second-order valence-electron chi connectivity index (χ2n) is 10.4. The molecule has 3 aromatic rings. The van der Waals surface area contributed by atoms with E-state index in [9.17, 15) is 32.9 Å². The van der Waals surface area contributed by atoms with Gasteiger partial charge in [-0.15, -0.1) is 0 Å². The number of hydrogen-bond donors (Lipinski definition) is 3. The van der Waals surface area contributed by atoms with E-state index < -0.39 is 50.9 Å². The van der Waals surface area contributed by atoms with Crippen molar-refractivity contribution in [3.63, 3.8) is 0 Å². The first-order valence-corrected chi connectivity index (χ1v) is 16.1. The first-order valence-electron chi connectivity index (χ1n) is 14.6. The third-order valence-electron chi connectivity index (χ3n) is 7.42. The zero-order chi connectivity index (χ0) is 33.7. The van der Waals surface area contributed by atoms with Crippen LogP contribution in [0.15, 0.2) is 89.8 Å².